The first kappa shape index (κ1) is 17.6. The average molecular weight is 382 g/mol. The van der Waals surface area contributed by atoms with Crippen molar-refractivity contribution in [1.29, 1.82) is 0 Å². The Labute approximate surface area is 162 Å². The van der Waals surface area contributed by atoms with E-state index < -0.39 is 0 Å². The fourth-order valence-electron chi connectivity index (χ4n) is 3.26. The van der Waals surface area contributed by atoms with Crippen LogP contribution in [0.5, 0.6) is 5.75 Å². The molecule has 1 aliphatic rings. The smallest absolute Gasteiger partial charge is 0.319 e. The molecule has 1 aliphatic heterocycles. The molecule has 0 aliphatic carbocycles. The van der Waals surface area contributed by atoms with Gasteiger partial charge >= 0.3 is 6.03 Å². The van der Waals surface area contributed by atoms with Gasteiger partial charge in [0, 0.05) is 30.9 Å². The van der Waals surface area contributed by atoms with Gasteiger partial charge < -0.3 is 20.3 Å². The third kappa shape index (κ3) is 4.14. The van der Waals surface area contributed by atoms with Crippen molar-refractivity contribution >= 4 is 38.4 Å². The van der Waals surface area contributed by atoms with Crippen molar-refractivity contribution < 1.29 is 9.53 Å². The van der Waals surface area contributed by atoms with Gasteiger partial charge in [0.1, 0.15) is 5.75 Å². The number of urea groups is 1. The molecule has 0 atom stereocenters. The Morgan fingerprint density at radius 1 is 1.19 bits per heavy atom. The molecule has 7 heteroatoms. The molecule has 1 saturated heterocycles. The van der Waals surface area contributed by atoms with Crippen LogP contribution < -0.4 is 20.3 Å². The van der Waals surface area contributed by atoms with Crippen LogP contribution in [0.25, 0.3) is 10.2 Å². The molecule has 2 N–H and O–H groups in total. The molecule has 0 bridgehead atoms. The predicted molar refractivity (Wildman–Crippen MR) is 110 cm³/mol. The van der Waals surface area contributed by atoms with Crippen LogP contribution in [0.15, 0.2) is 48.5 Å². The van der Waals surface area contributed by atoms with Crippen molar-refractivity contribution in [3.63, 3.8) is 0 Å². The second-order valence-electron chi connectivity index (χ2n) is 6.56. The molecular formula is C20H22N4O2S. The van der Waals surface area contributed by atoms with Crippen LogP contribution in [-0.2, 0) is 0 Å². The fraction of sp³-hybridized carbons (Fsp3) is 0.300. The van der Waals surface area contributed by atoms with E-state index in [0.717, 1.165) is 48.0 Å². The molecule has 6 nitrogen and oxygen atoms in total. The van der Waals surface area contributed by atoms with Gasteiger partial charge in [-0.15, -0.1) is 0 Å². The number of hydrogen-bond donors (Lipinski definition) is 2. The summed E-state index contributed by atoms with van der Waals surface area (Å²) >= 11 is 1.73. The number of methoxy groups -OCH3 is 1. The van der Waals surface area contributed by atoms with Crippen molar-refractivity contribution in [3.8, 4) is 5.75 Å². The maximum Gasteiger partial charge on any atom is 0.319 e. The SMILES string of the molecule is COc1cccc(NC(=O)NC2CCN(c3nc4ccccc4s3)CC2)c1. The number of nitrogens with zero attached hydrogens (tertiary/aromatic N) is 2. The zero-order valence-corrected chi connectivity index (χ0v) is 16.0. The third-order valence-electron chi connectivity index (χ3n) is 4.71. The van der Waals surface area contributed by atoms with E-state index in [9.17, 15) is 4.79 Å². The molecule has 140 valence electrons. The van der Waals surface area contributed by atoms with Gasteiger partial charge in [-0.3, -0.25) is 0 Å². The molecule has 2 heterocycles. The van der Waals surface area contributed by atoms with Crippen LogP contribution in [0.1, 0.15) is 12.8 Å². The average Bonchev–Trinajstić information content (AvgIpc) is 3.13. The third-order valence-corrected chi connectivity index (χ3v) is 5.81. The number of para-hydroxylation sites is 1. The highest BCUT2D eigenvalue weighted by molar-refractivity contribution is 7.22. The van der Waals surface area contributed by atoms with Crippen LogP contribution >= 0.6 is 11.3 Å². The zero-order chi connectivity index (χ0) is 18.6. The van der Waals surface area contributed by atoms with Crippen molar-refractivity contribution in [3.05, 3.63) is 48.5 Å². The van der Waals surface area contributed by atoms with Gasteiger partial charge in [0.05, 0.1) is 17.3 Å². The number of anilines is 2. The lowest BCUT2D eigenvalue weighted by Gasteiger charge is -2.32. The van der Waals surface area contributed by atoms with Crippen LogP contribution in [0.2, 0.25) is 0 Å². The summed E-state index contributed by atoms with van der Waals surface area (Å²) in [6, 6.07) is 15.5. The van der Waals surface area contributed by atoms with Crippen LogP contribution in [-0.4, -0.2) is 37.3 Å². The summed E-state index contributed by atoms with van der Waals surface area (Å²) in [4.78, 5) is 19.3. The van der Waals surface area contributed by atoms with Gasteiger partial charge in [-0.25, -0.2) is 9.78 Å². The lowest BCUT2D eigenvalue weighted by molar-refractivity contribution is 0.246. The number of carbonyl (C=O) groups is 1. The minimum atomic E-state index is -0.179. The topological polar surface area (TPSA) is 66.5 Å². The number of hydrogen-bond acceptors (Lipinski definition) is 5. The fourth-order valence-corrected chi connectivity index (χ4v) is 4.28. The molecule has 1 fully saturated rings. The Morgan fingerprint density at radius 3 is 2.78 bits per heavy atom. The van der Waals surface area contributed by atoms with Crippen LogP contribution in [0.4, 0.5) is 15.6 Å². The Morgan fingerprint density at radius 2 is 2.00 bits per heavy atom. The largest absolute Gasteiger partial charge is 0.497 e. The van der Waals surface area contributed by atoms with Crippen molar-refractivity contribution in [2.24, 2.45) is 0 Å². The quantitative estimate of drug-likeness (QED) is 0.713. The summed E-state index contributed by atoms with van der Waals surface area (Å²) in [6.45, 7) is 1.79. The number of ether oxygens (including phenoxy) is 1. The van der Waals surface area contributed by atoms with E-state index in [1.807, 2.05) is 36.4 Å². The number of rotatable bonds is 4. The molecule has 3 aromatic rings. The van der Waals surface area contributed by atoms with Crippen LogP contribution in [0.3, 0.4) is 0 Å². The Hall–Kier alpha value is -2.80. The van der Waals surface area contributed by atoms with Gasteiger partial charge in [0.2, 0.25) is 0 Å². The molecule has 4 rings (SSSR count). The lowest BCUT2D eigenvalue weighted by Crippen LogP contribution is -2.46. The summed E-state index contributed by atoms with van der Waals surface area (Å²) in [5.41, 5.74) is 1.77. The van der Waals surface area contributed by atoms with E-state index in [1.165, 1.54) is 4.70 Å². The van der Waals surface area contributed by atoms with Gasteiger partial charge in [0.25, 0.3) is 0 Å². The van der Waals surface area contributed by atoms with Gasteiger partial charge in [-0.05, 0) is 37.1 Å². The Bertz CT molecular complexity index is 901. The second-order valence-corrected chi connectivity index (χ2v) is 7.57. The molecule has 0 unspecified atom stereocenters. The minimum Gasteiger partial charge on any atom is -0.497 e. The highest BCUT2D eigenvalue weighted by Gasteiger charge is 2.22. The molecule has 0 radical (unpaired) electrons. The number of carbonyl (C=O) groups excluding carboxylic acids is 1. The number of thiazole rings is 1. The van der Waals surface area contributed by atoms with Crippen molar-refractivity contribution in [2.45, 2.75) is 18.9 Å². The molecule has 2 aromatic carbocycles. The number of aromatic nitrogens is 1. The molecular weight excluding hydrogens is 360 g/mol. The monoisotopic (exact) mass is 382 g/mol. The van der Waals surface area contributed by atoms with E-state index in [2.05, 4.69) is 21.6 Å². The molecule has 2 amide bonds. The predicted octanol–water partition coefficient (Wildman–Crippen LogP) is 4.10. The summed E-state index contributed by atoms with van der Waals surface area (Å²) < 4.78 is 6.39. The number of amides is 2. The number of fused-ring (bicyclic) bond motifs is 1. The first-order valence-electron chi connectivity index (χ1n) is 9.03. The maximum absolute atomic E-state index is 12.3. The van der Waals surface area contributed by atoms with E-state index in [0.29, 0.717) is 0 Å². The summed E-state index contributed by atoms with van der Waals surface area (Å²) in [7, 11) is 1.61. The summed E-state index contributed by atoms with van der Waals surface area (Å²) in [5, 5.41) is 7.00. The summed E-state index contributed by atoms with van der Waals surface area (Å²) in [5.74, 6) is 0.719. The van der Waals surface area contributed by atoms with E-state index in [4.69, 9.17) is 9.72 Å². The lowest BCUT2D eigenvalue weighted by atomic mass is 10.1. The normalized spacial score (nSPS) is 14.9. The zero-order valence-electron chi connectivity index (χ0n) is 15.1. The van der Waals surface area contributed by atoms with E-state index >= 15 is 0 Å². The highest BCUT2D eigenvalue weighted by atomic mass is 32.1. The van der Waals surface area contributed by atoms with Gasteiger partial charge in [0.15, 0.2) is 5.13 Å². The second kappa shape index (κ2) is 7.84. The Balaban J connectivity index is 1.30. The minimum absolute atomic E-state index is 0.168. The Kier molecular flexibility index (Phi) is 5.11. The highest BCUT2D eigenvalue weighted by Crippen LogP contribution is 2.30. The molecule has 0 spiro atoms. The molecule has 1 aromatic heterocycles. The van der Waals surface area contributed by atoms with Crippen molar-refractivity contribution in [1.82, 2.24) is 10.3 Å². The van der Waals surface area contributed by atoms with Gasteiger partial charge in [-0.1, -0.05) is 29.5 Å². The molecule has 0 saturated carbocycles. The summed E-state index contributed by atoms with van der Waals surface area (Å²) in [6.07, 6.45) is 1.81. The van der Waals surface area contributed by atoms with Crippen molar-refractivity contribution in [2.75, 3.05) is 30.4 Å². The van der Waals surface area contributed by atoms with Crippen LogP contribution in [0, 0.1) is 0 Å². The number of piperidine rings is 1. The van der Waals surface area contributed by atoms with E-state index in [1.54, 1.807) is 24.5 Å². The number of nitrogens with one attached hydrogen (secondary N) is 2. The standard InChI is InChI=1S/C20H22N4O2S/c1-26-16-6-4-5-15(13-16)22-19(25)21-14-9-11-24(12-10-14)20-23-17-7-2-3-8-18(17)27-20/h2-8,13-14H,9-12H2,1H3,(H2,21,22,25). The first-order valence-corrected chi connectivity index (χ1v) is 9.85. The molecule has 27 heavy (non-hydrogen) atoms. The number of benzene rings is 2. The van der Waals surface area contributed by atoms with E-state index in [-0.39, 0.29) is 12.1 Å². The first-order chi connectivity index (χ1) is 13.2. The maximum atomic E-state index is 12.3. The van der Waals surface area contributed by atoms with Gasteiger partial charge in [-0.2, -0.15) is 0 Å².